The topological polar surface area (TPSA) is 78.9 Å². The number of rotatable bonds is 2. The summed E-state index contributed by atoms with van der Waals surface area (Å²) in [4.78, 5) is 26.9. The van der Waals surface area contributed by atoms with Crippen LogP contribution in [-0.4, -0.2) is 54.7 Å². The molecule has 3 rings (SSSR count). The first-order chi connectivity index (χ1) is 11.9. The Morgan fingerprint density at radius 3 is 2.68 bits per heavy atom. The van der Waals surface area contributed by atoms with Crippen molar-refractivity contribution in [2.45, 2.75) is 25.4 Å². The molecular formula is C17H20Cl2N2O4. The highest BCUT2D eigenvalue weighted by atomic mass is 35.5. The number of halogens is 2. The molecule has 2 amide bonds. The molecule has 1 spiro atoms. The van der Waals surface area contributed by atoms with Crippen LogP contribution >= 0.6 is 23.2 Å². The van der Waals surface area contributed by atoms with Crippen LogP contribution in [0.4, 0.5) is 0 Å². The summed E-state index contributed by atoms with van der Waals surface area (Å²) in [6.07, 6.45) is 0.954. The van der Waals surface area contributed by atoms with Gasteiger partial charge in [0.1, 0.15) is 0 Å². The van der Waals surface area contributed by atoms with Crippen molar-refractivity contribution in [3.8, 4) is 5.75 Å². The van der Waals surface area contributed by atoms with Gasteiger partial charge in [-0.05, 0) is 31.4 Å². The molecule has 25 heavy (non-hydrogen) atoms. The number of benzene rings is 1. The maximum Gasteiger partial charge on any atom is 0.253 e. The molecule has 2 saturated heterocycles. The van der Waals surface area contributed by atoms with Gasteiger partial charge in [0.2, 0.25) is 5.91 Å². The molecular weight excluding hydrogens is 367 g/mol. The molecule has 2 atom stereocenters. The van der Waals surface area contributed by atoms with E-state index in [0.29, 0.717) is 37.2 Å². The first-order valence-corrected chi connectivity index (χ1v) is 8.93. The maximum absolute atomic E-state index is 12.9. The summed E-state index contributed by atoms with van der Waals surface area (Å²) in [7, 11) is 1.45. The van der Waals surface area contributed by atoms with E-state index in [-0.39, 0.29) is 28.4 Å². The van der Waals surface area contributed by atoms with Crippen LogP contribution < -0.4 is 10.1 Å². The Bertz CT molecular complexity index is 689. The van der Waals surface area contributed by atoms with Crippen molar-refractivity contribution in [1.29, 1.82) is 0 Å². The number of carbonyl (C=O) groups is 2. The average molecular weight is 387 g/mol. The van der Waals surface area contributed by atoms with Gasteiger partial charge in [-0.1, -0.05) is 23.2 Å². The Balaban J connectivity index is 1.87. The summed E-state index contributed by atoms with van der Waals surface area (Å²) in [5.74, 6) is -0.136. The molecule has 2 N–H and O–H groups in total. The van der Waals surface area contributed by atoms with Gasteiger partial charge in [0.15, 0.2) is 5.75 Å². The molecule has 0 unspecified atom stereocenters. The Morgan fingerprint density at radius 2 is 2.08 bits per heavy atom. The molecule has 6 nitrogen and oxygen atoms in total. The minimum atomic E-state index is -0.938. The summed E-state index contributed by atoms with van der Waals surface area (Å²) < 4.78 is 5.10. The quantitative estimate of drug-likeness (QED) is 0.815. The molecule has 0 saturated carbocycles. The largest absolute Gasteiger partial charge is 0.494 e. The van der Waals surface area contributed by atoms with Crippen LogP contribution in [0, 0.1) is 5.41 Å². The van der Waals surface area contributed by atoms with Crippen LogP contribution in [0.5, 0.6) is 5.75 Å². The van der Waals surface area contributed by atoms with Crippen LogP contribution in [0.2, 0.25) is 10.0 Å². The molecule has 2 aliphatic heterocycles. The molecule has 1 aromatic carbocycles. The lowest BCUT2D eigenvalue weighted by atomic mass is 9.71. The third-order valence-corrected chi connectivity index (χ3v) is 5.62. The number of aliphatic hydroxyl groups excluding tert-OH is 1. The van der Waals surface area contributed by atoms with Gasteiger partial charge in [-0.25, -0.2) is 0 Å². The molecule has 0 radical (unpaired) electrons. The fraction of sp³-hybridized carbons (Fsp3) is 0.529. The van der Waals surface area contributed by atoms with Gasteiger partial charge < -0.3 is 20.1 Å². The van der Waals surface area contributed by atoms with Gasteiger partial charge in [0, 0.05) is 25.2 Å². The molecule has 0 bridgehead atoms. The van der Waals surface area contributed by atoms with Gasteiger partial charge in [-0.3, -0.25) is 9.59 Å². The van der Waals surface area contributed by atoms with E-state index in [4.69, 9.17) is 27.9 Å². The normalized spacial score (nSPS) is 26.5. The van der Waals surface area contributed by atoms with Gasteiger partial charge >= 0.3 is 0 Å². The monoisotopic (exact) mass is 386 g/mol. The van der Waals surface area contributed by atoms with Gasteiger partial charge in [0.05, 0.1) is 28.7 Å². The summed E-state index contributed by atoms with van der Waals surface area (Å²) in [5.41, 5.74) is -0.606. The second-order valence-electron chi connectivity index (χ2n) is 6.52. The number of aliphatic hydroxyl groups is 1. The molecule has 0 aromatic heterocycles. The number of piperidine rings is 2. The van der Waals surface area contributed by atoms with Crippen molar-refractivity contribution in [2.24, 2.45) is 5.41 Å². The number of ether oxygens (including phenoxy) is 1. The first kappa shape index (κ1) is 18.3. The fourth-order valence-electron chi connectivity index (χ4n) is 3.68. The van der Waals surface area contributed by atoms with Crippen LogP contribution in [-0.2, 0) is 4.79 Å². The third-order valence-electron chi connectivity index (χ3n) is 5.06. The van der Waals surface area contributed by atoms with E-state index < -0.39 is 11.5 Å². The van der Waals surface area contributed by atoms with Crippen molar-refractivity contribution in [3.63, 3.8) is 0 Å². The second kappa shape index (κ2) is 7.02. The minimum Gasteiger partial charge on any atom is -0.494 e. The van der Waals surface area contributed by atoms with E-state index in [2.05, 4.69) is 5.32 Å². The molecule has 2 fully saturated rings. The Labute approximate surface area is 156 Å². The predicted molar refractivity (Wildman–Crippen MR) is 94.2 cm³/mol. The lowest BCUT2D eigenvalue weighted by Gasteiger charge is -2.46. The lowest BCUT2D eigenvalue weighted by molar-refractivity contribution is -0.147. The SMILES string of the molecule is COc1c(Cl)cc(C(=O)N2CC[C@H](O)[C@@]3(CCCNC3=O)C2)cc1Cl. The number of nitrogens with one attached hydrogen (secondary N) is 1. The number of nitrogens with zero attached hydrogens (tertiary/aromatic N) is 1. The van der Waals surface area contributed by atoms with Crippen LogP contribution in [0.15, 0.2) is 12.1 Å². The summed E-state index contributed by atoms with van der Waals surface area (Å²) in [5, 5.41) is 13.7. The Kier molecular flexibility index (Phi) is 5.14. The van der Waals surface area contributed by atoms with Crippen molar-refractivity contribution >= 4 is 35.0 Å². The number of carbonyl (C=O) groups excluding carboxylic acids is 2. The highest BCUT2D eigenvalue weighted by Crippen LogP contribution is 2.39. The maximum atomic E-state index is 12.9. The number of amides is 2. The summed E-state index contributed by atoms with van der Waals surface area (Å²) in [6.45, 7) is 1.15. The van der Waals surface area contributed by atoms with Crippen LogP contribution in [0.25, 0.3) is 0 Å². The number of methoxy groups -OCH3 is 1. The van der Waals surface area contributed by atoms with E-state index in [0.717, 1.165) is 6.42 Å². The lowest BCUT2D eigenvalue weighted by Crippen LogP contribution is -2.62. The van der Waals surface area contributed by atoms with Gasteiger partial charge in [-0.15, -0.1) is 0 Å². The van der Waals surface area contributed by atoms with Crippen molar-refractivity contribution in [3.05, 3.63) is 27.7 Å². The van der Waals surface area contributed by atoms with Crippen molar-refractivity contribution in [1.82, 2.24) is 10.2 Å². The Hall–Kier alpha value is -1.50. The zero-order valence-corrected chi connectivity index (χ0v) is 15.4. The third kappa shape index (κ3) is 3.18. The zero-order valence-electron chi connectivity index (χ0n) is 13.8. The molecule has 2 heterocycles. The van der Waals surface area contributed by atoms with E-state index >= 15 is 0 Å². The molecule has 0 aliphatic carbocycles. The number of hydrogen-bond donors (Lipinski definition) is 2. The predicted octanol–water partition coefficient (Wildman–Crippen LogP) is 2.11. The molecule has 1 aromatic rings. The smallest absolute Gasteiger partial charge is 0.253 e. The van der Waals surface area contributed by atoms with Crippen LogP contribution in [0.3, 0.4) is 0 Å². The van der Waals surface area contributed by atoms with Crippen LogP contribution in [0.1, 0.15) is 29.6 Å². The highest BCUT2D eigenvalue weighted by Gasteiger charge is 2.50. The summed E-state index contributed by atoms with van der Waals surface area (Å²) in [6, 6.07) is 3.01. The zero-order chi connectivity index (χ0) is 18.2. The van der Waals surface area contributed by atoms with Crippen molar-refractivity contribution in [2.75, 3.05) is 26.7 Å². The first-order valence-electron chi connectivity index (χ1n) is 8.18. The Morgan fingerprint density at radius 1 is 1.40 bits per heavy atom. The van der Waals surface area contributed by atoms with Gasteiger partial charge in [0.25, 0.3) is 5.91 Å². The summed E-state index contributed by atoms with van der Waals surface area (Å²) >= 11 is 12.2. The minimum absolute atomic E-state index is 0.181. The van der Waals surface area contributed by atoms with E-state index in [9.17, 15) is 14.7 Å². The van der Waals surface area contributed by atoms with E-state index in [1.54, 1.807) is 4.90 Å². The highest BCUT2D eigenvalue weighted by molar-refractivity contribution is 6.37. The second-order valence-corrected chi connectivity index (χ2v) is 7.33. The average Bonchev–Trinajstić information content (AvgIpc) is 2.59. The molecule has 136 valence electrons. The van der Waals surface area contributed by atoms with E-state index in [1.165, 1.54) is 19.2 Å². The standard InChI is InChI=1S/C17H20Cl2N2O4/c1-25-14-11(18)7-10(8-12(14)19)15(23)21-6-3-13(22)17(9-21)4-2-5-20-16(17)24/h7-8,13,22H,2-6,9H2,1H3,(H,20,24)/t13-,17+/m0/s1. The number of likely N-dealkylation sites (tertiary alicyclic amines) is 1. The number of hydrogen-bond acceptors (Lipinski definition) is 4. The molecule has 8 heteroatoms. The van der Waals surface area contributed by atoms with E-state index in [1.807, 2.05) is 0 Å². The van der Waals surface area contributed by atoms with Crippen molar-refractivity contribution < 1.29 is 19.4 Å². The fourth-order valence-corrected chi connectivity index (χ4v) is 4.32. The van der Waals surface area contributed by atoms with Gasteiger partial charge in [-0.2, -0.15) is 0 Å². The molecule has 2 aliphatic rings.